The monoisotopic (exact) mass is 375 g/mol. The number of carbonyl (C=O) groups excluding carboxylic acids is 3. The number of amides is 3. The summed E-state index contributed by atoms with van der Waals surface area (Å²) in [4.78, 5) is 41.4. The molecule has 2 saturated heterocycles. The van der Waals surface area contributed by atoms with Crippen LogP contribution in [0.5, 0.6) is 0 Å². The first-order chi connectivity index (χ1) is 12.5. The van der Waals surface area contributed by atoms with Gasteiger partial charge >= 0.3 is 0 Å². The maximum atomic E-state index is 13.1. The maximum absolute atomic E-state index is 13.1. The molecule has 1 aromatic heterocycles. The lowest BCUT2D eigenvalue weighted by molar-refractivity contribution is -0.140. The standard InChI is InChI=1S/C19H29N5O3/c1-11-8-20-22(6)15(11)17(26)23-9-14-7-13(23)10-24(14)18(27)16(19(3,4)5)21-12(2)25/h8,13-14,16H,7,9-10H2,1-6H3,(H,21,25)/t13-,14-,16+/m0/s1. The number of fused-ring (bicyclic) bond motifs is 2. The summed E-state index contributed by atoms with van der Waals surface area (Å²) in [5.41, 5.74) is 1.08. The molecule has 8 nitrogen and oxygen atoms in total. The number of hydrogen-bond donors (Lipinski definition) is 1. The molecular weight excluding hydrogens is 346 g/mol. The zero-order chi connectivity index (χ0) is 20.1. The topological polar surface area (TPSA) is 87.5 Å². The van der Waals surface area contributed by atoms with Crippen LogP contribution in [0.2, 0.25) is 0 Å². The Kier molecular flexibility index (Phi) is 4.78. The van der Waals surface area contributed by atoms with Crippen molar-refractivity contribution in [3.63, 3.8) is 0 Å². The fourth-order valence-electron chi connectivity index (χ4n) is 4.19. The van der Waals surface area contributed by atoms with E-state index in [1.54, 1.807) is 17.9 Å². The Bertz CT molecular complexity index is 759. The van der Waals surface area contributed by atoms with Crippen LogP contribution in [0, 0.1) is 12.3 Å². The first kappa shape index (κ1) is 19.4. The predicted octanol–water partition coefficient (Wildman–Crippen LogP) is 0.705. The second kappa shape index (κ2) is 6.65. The quantitative estimate of drug-likeness (QED) is 0.843. The summed E-state index contributed by atoms with van der Waals surface area (Å²) < 4.78 is 1.61. The molecule has 2 aliphatic heterocycles. The molecule has 2 bridgehead atoms. The molecule has 2 fully saturated rings. The number of carbonyl (C=O) groups is 3. The molecule has 3 amide bonds. The van der Waals surface area contributed by atoms with Crippen LogP contribution in [-0.4, -0.2) is 68.5 Å². The van der Waals surface area contributed by atoms with Gasteiger partial charge in [0.1, 0.15) is 11.7 Å². The van der Waals surface area contributed by atoms with Crippen molar-refractivity contribution < 1.29 is 14.4 Å². The van der Waals surface area contributed by atoms with Gasteiger partial charge in [-0.25, -0.2) is 0 Å². The summed E-state index contributed by atoms with van der Waals surface area (Å²) in [6.07, 6.45) is 2.48. The molecule has 0 spiro atoms. The molecule has 148 valence electrons. The van der Waals surface area contributed by atoms with E-state index in [2.05, 4.69) is 10.4 Å². The number of likely N-dealkylation sites (tertiary alicyclic amines) is 2. The number of nitrogens with zero attached hydrogens (tertiary/aromatic N) is 4. The van der Waals surface area contributed by atoms with Gasteiger partial charge in [0.2, 0.25) is 11.8 Å². The van der Waals surface area contributed by atoms with Gasteiger partial charge in [-0.2, -0.15) is 5.10 Å². The first-order valence-electron chi connectivity index (χ1n) is 9.38. The Hall–Kier alpha value is -2.38. The molecule has 0 saturated carbocycles. The smallest absolute Gasteiger partial charge is 0.272 e. The van der Waals surface area contributed by atoms with Gasteiger partial charge in [-0.1, -0.05) is 20.8 Å². The molecule has 0 aliphatic carbocycles. The third-order valence-electron chi connectivity index (χ3n) is 5.57. The van der Waals surface area contributed by atoms with E-state index < -0.39 is 6.04 Å². The van der Waals surface area contributed by atoms with Crippen molar-refractivity contribution in [2.75, 3.05) is 13.1 Å². The van der Waals surface area contributed by atoms with Gasteiger partial charge in [-0.15, -0.1) is 0 Å². The van der Waals surface area contributed by atoms with E-state index >= 15 is 0 Å². The molecule has 1 N–H and O–H groups in total. The van der Waals surface area contributed by atoms with E-state index in [0.29, 0.717) is 18.8 Å². The Morgan fingerprint density at radius 1 is 1.19 bits per heavy atom. The summed E-state index contributed by atoms with van der Waals surface area (Å²) in [6, 6.07) is -0.560. The van der Waals surface area contributed by atoms with Crippen LogP contribution in [0.25, 0.3) is 0 Å². The molecule has 0 unspecified atom stereocenters. The Labute approximate surface area is 159 Å². The third kappa shape index (κ3) is 3.44. The Morgan fingerprint density at radius 3 is 2.22 bits per heavy atom. The molecule has 1 aromatic rings. The lowest BCUT2D eigenvalue weighted by Crippen LogP contribution is -2.59. The molecule has 3 atom stereocenters. The second-order valence-electron chi connectivity index (χ2n) is 8.79. The van der Waals surface area contributed by atoms with Gasteiger partial charge in [0.15, 0.2) is 0 Å². The van der Waals surface area contributed by atoms with Gasteiger partial charge in [0, 0.05) is 27.1 Å². The Morgan fingerprint density at radius 2 is 1.78 bits per heavy atom. The molecular formula is C19H29N5O3. The van der Waals surface area contributed by atoms with E-state index in [1.165, 1.54) is 6.92 Å². The maximum Gasteiger partial charge on any atom is 0.272 e. The first-order valence-corrected chi connectivity index (χ1v) is 9.38. The van der Waals surface area contributed by atoms with Crippen molar-refractivity contribution in [3.8, 4) is 0 Å². The van der Waals surface area contributed by atoms with Crippen molar-refractivity contribution in [1.29, 1.82) is 0 Å². The summed E-state index contributed by atoms with van der Waals surface area (Å²) in [5.74, 6) is -0.300. The van der Waals surface area contributed by atoms with Crippen molar-refractivity contribution >= 4 is 17.7 Å². The van der Waals surface area contributed by atoms with Gasteiger partial charge in [0.05, 0.1) is 18.3 Å². The highest BCUT2D eigenvalue weighted by molar-refractivity contribution is 5.95. The lowest BCUT2D eigenvalue weighted by atomic mass is 9.85. The van der Waals surface area contributed by atoms with E-state index in [-0.39, 0.29) is 35.2 Å². The highest BCUT2D eigenvalue weighted by Gasteiger charge is 2.50. The third-order valence-corrected chi connectivity index (χ3v) is 5.57. The molecule has 3 rings (SSSR count). The highest BCUT2D eigenvalue weighted by atomic mass is 16.2. The highest BCUT2D eigenvalue weighted by Crippen LogP contribution is 2.34. The molecule has 27 heavy (non-hydrogen) atoms. The fraction of sp³-hybridized carbons (Fsp3) is 0.684. The zero-order valence-corrected chi connectivity index (χ0v) is 16.9. The summed E-state index contributed by atoms with van der Waals surface area (Å²) >= 11 is 0. The van der Waals surface area contributed by atoms with Gasteiger partial charge < -0.3 is 15.1 Å². The fourth-order valence-corrected chi connectivity index (χ4v) is 4.19. The molecule has 0 aromatic carbocycles. The van der Waals surface area contributed by atoms with Gasteiger partial charge in [0.25, 0.3) is 5.91 Å². The van der Waals surface area contributed by atoms with E-state index in [1.807, 2.05) is 37.5 Å². The summed E-state index contributed by atoms with van der Waals surface area (Å²) in [5, 5.41) is 6.96. The van der Waals surface area contributed by atoms with Crippen LogP contribution in [0.4, 0.5) is 0 Å². The number of hydrogen-bond acceptors (Lipinski definition) is 4. The van der Waals surface area contributed by atoms with Crippen molar-refractivity contribution in [3.05, 3.63) is 17.5 Å². The van der Waals surface area contributed by atoms with Crippen LogP contribution in [0.1, 0.15) is 50.2 Å². The second-order valence-corrected chi connectivity index (χ2v) is 8.79. The Balaban J connectivity index is 1.73. The average Bonchev–Trinajstić information content (AvgIpc) is 3.24. The number of aryl methyl sites for hydroxylation is 2. The van der Waals surface area contributed by atoms with Crippen molar-refractivity contribution in [2.45, 2.75) is 59.2 Å². The molecule has 0 radical (unpaired) electrons. The number of aromatic nitrogens is 2. The van der Waals surface area contributed by atoms with Crippen LogP contribution in [0.15, 0.2) is 6.20 Å². The average molecular weight is 375 g/mol. The minimum Gasteiger partial charge on any atom is -0.344 e. The van der Waals surface area contributed by atoms with E-state index in [0.717, 1.165) is 12.0 Å². The molecule has 8 heteroatoms. The number of rotatable bonds is 3. The largest absolute Gasteiger partial charge is 0.344 e. The molecule has 3 heterocycles. The minimum absolute atomic E-state index is 0.00130. The van der Waals surface area contributed by atoms with Gasteiger partial charge in [-0.05, 0) is 24.3 Å². The van der Waals surface area contributed by atoms with Crippen molar-refractivity contribution in [2.24, 2.45) is 12.5 Å². The number of nitrogens with one attached hydrogen (secondary N) is 1. The van der Waals surface area contributed by atoms with Crippen LogP contribution in [0.3, 0.4) is 0 Å². The SMILES string of the molecule is CC(=O)N[C@H](C(=O)N1C[C@@H]2C[C@H]1CN2C(=O)c1c(C)cnn1C)C(C)(C)C. The normalized spacial score (nSPS) is 22.9. The van der Waals surface area contributed by atoms with E-state index in [9.17, 15) is 14.4 Å². The zero-order valence-electron chi connectivity index (χ0n) is 16.9. The summed E-state index contributed by atoms with van der Waals surface area (Å²) in [6.45, 7) is 10.2. The van der Waals surface area contributed by atoms with Crippen LogP contribution < -0.4 is 5.32 Å². The lowest BCUT2D eigenvalue weighted by Gasteiger charge is -2.39. The van der Waals surface area contributed by atoms with Crippen LogP contribution >= 0.6 is 0 Å². The van der Waals surface area contributed by atoms with Crippen LogP contribution in [-0.2, 0) is 16.6 Å². The predicted molar refractivity (Wildman–Crippen MR) is 99.9 cm³/mol. The minimum atomic E-state index is -0.571. The molecule has 2 aliphatic rings. The van der Waals surface area contributed by atoms with E-state index in [4.69, 9.17) is 0 Å². The number of piperazine rings is 1. The van der Waals surface area contributed by atoms with Gasteiger partial charge in [-0.3, -0.25) is 19.1 Å². The summed E-state index contributed by atoms with van der Waals surface area (Å²) in [7, 11) is 1.77. The van der Waals surface area contributed by atoms with Crippen molar-refractivity contribution in [1.82, 2.24) is 24.9 Å².